The van der Waals surface area contributed by atoms with Gasteiger partial charge >= 0.3 is 6.03 Å². The van der Waals surface area contributed by atoms with Crippen molar-refractivity contribution in [2.24, 2.45) is 0 Å². The number of carbonyl (C=O) groups excluding carboxylic acids is 2. The lowest BCUT2D eigenvalue weighted by Crippen LogP contribution is -2.35. The average Bonchev–Trinajstić information content (AvgIpc) is 2.62. The molecular formula is C12H15N3O3. The van der Waals surface area contributed by atoms with Crippen LogP contribution < -0.4 is 10.1 Å². The van der Waals surface area contributed by atoms with Gasteiger partial charge in [0.2, 0.25) is 0 Å². The molecule has 3 amide bonds. The summed E-state index contributed by atoms with van der Waals surface area (Å²) < 4.78 is 5.17. The lowest BCUT2D eigenvalue weighted by Gasteiger charge is -2.17. The predicted octanol–water partition coefficient (Wildman–Crippen LogP) is 0.959. The summed E-state index contributed by atoms with van der Waals surface area (Å²) in [5.41, 5.74) is 0.746. The average molecular weight is 249 g/mol. The standard InChI is InChI=1S/C12H15N3O3/c1-14-7-11(16)15(12(14)17)8-13-9-5-3-4-6-10(9)18-2/h3-6,13H,7-8H2,1-2H3. The molecule has 0 bridgehead atoms. The van der Waals surface area contributed by atoms with Crippen molar-refractivity contribution in [3.63, 3.8) is 0 Å². The van der Waals surface area contributed by atoms with Crippen molar-refractivity contribution >= 4 is 17.6 Å². The number of rotatable bonds is 4. The van der Waals surface area contributed by atoms with E-state index in [4.69, 9.17) is 4.74 Å². The second-order valence-corrected chi connectivity index (χ2v) is 4.00. The molecule has 1 aliphatic rings. The van der Waals surface area contributed by atoms with Gasteiger partial charge in [0.1, 0.15) is 19.0 Å². The Morgan fingerprint density at radius 2 is 2.06 bits per heavy atom. The van der Waals surface area contributed by atoms with Gasteiger partial charge in [-0.1, -0.05) is 12.1 Å². The number of nitrogens with one attached hydrogen (secondary N) is 1. The van der Waals surface area contributed by atoms with Crippen LogP contribution in [0.4, 0.5) is 10.5 Å². The van der Waals surface area contributed by atoms with Gasteiger partial charge in [0.25, 0.3) is 5.91 Å². The minimum Gasteiger partial charge on any atom is -0.495 e. The Kier molecular flexibility index (Phi) is 3.36. The minimum atomic E-state index is -0.289. The largest absolute Gasteiger partial charge is 0.495 e. The number of para-hydroxylation sites is 2. The van der Waals surface area contributed by atoms with Crippen molar-refractivity contribution in [1.29, 1.82) is 0 Å². The van der Waals surface area contributed by atoms with Crippen LogP contribution in [0.25, 0.3) is 0 Å². The molecule has 0 unspecified atom stereocenters. The van der Waals surface area contributed by atoms with Crippen molar-refractivity contribution < 1.29 is 14.3 Å². The molecule has 0 radical (unpaired) electrons. The molecular weight excluding hydrogens is 234 g/mol. The first-order valence-electron chi connectivity index (χ1n) is 5.56. The van der Waals surface area contributed by atoms with Gasteiger partial charge in [0.15, 0.2) is 0 Å². The number of methoxy groups -OCH3 is 1. The number of hydrogen-bond acceptors (Lipinski definition) is 4. The number of ether oxygens (including phenoxy) is 1. The number of imide groups is 1. The summed E-state index contributed by atoms with van der Waals surface area (Å²) in [6, 6.07) is 7.05. The molecule has 6 heteroatoms. The Hall–Kier alpha value is -2.24. The molecule has 1 aromatic rings. The smallest absolute Gasteiger partial charge is 0.328 e. The van der Waals surface area contributed by atoms with Gasteiger partial charge in [0, 0.05) is 7.05 Å². The molecule has 0 aromatic heterocycles. The van der Waals surface area contributed by atoms with Crippen molar-refractivity contribution in [1.82, 2.24) is 9.80 Å². The van der Waals surface area contributed by atoms with Crippen molar-refractivity contribution in [3.05, 3.63) is 24.3 Å². The zero-order valence-corrected chi connectivity index (χ0v) is 10.3. The van der Waals surface area contributed by atoms with Gasteiger partial charge in [-0.2, -0.15) is 0 Å². The zero-order valence-electron chi connectivity index (χ0n) is 10.3. The van der Waals surface area contributed by atoms with Crippen LogP contribution in [0.15, 0.2) is 24.3 Å². The molecule has 18 heavy (non-hydrogen) atoms. The summed E-state index contributed by atoms with van der Waals surface area (Å²) in [4.78, 5) is 25.8. The number of benzene rings is 1. The second-order valence-electron chi connectivity index (χ2n) is 4.00. The highest BCUT2D eigenvalue weighted by Gasteiger charge is 2.33. The quantitative estimate of drug-likeness (QED) is 0.807. The fraction of sp³-hybridized carbons (Fsp3) is 0.333. The van der Waals surface area contributed by atoms with Crippen LogP contribution in [0.5, 0.6) is 5.75 Å². The molecule has 2 rings (SSSR count). The molecule has 0 atom stereocenters. The number of anilines is 1. The number of urea groups is 1. The van der Waals surface area contributed by atoms with E-state index in [1.807, 2.05) is 24.3 Å². The van der Waals surface area contributed by atoms with Crippen LogP contribution in [0.3, 0.4) is 0 Å². The van der Waals surface area contributed by atoms with E-state index in [2.05, 4.69) is 5.32 Å². The van der Waals surface area contributed by atoms with E-state index in [0.29, 0.717) is 5.75 Å². The van der Waals surface area contributed by atoms with Crippen LogP contribution in [-0.2, 0) is 4.79 Å². The summed E-state index contributed by atoms with van der Waals surface area (Å²) >= 11 is 0. The fourth-order valence-electron chi connectivity index (χ4n) is 1.78. The lowest BCUT2D eigenvalue weighted by molar-refractivity contribution is -0.125. The Morgan fingerprint density at radius 1 is 1.33 bits per heavy atom. The first-order chi connectivity index (χ1) is 8.63. The number of carbonyl (C=O) groups is 2. The topological polar surface area (TPSA) is 61.9 Å². The van der Waals surface area contributed by atoms with Crippen LogP contribution in [-0.4, -0.2) is 49.1 Å². The van der Waals surface area contributed by atoms with E-state index in [9.17, 15) is 9.59 Å². The molecule has 1 heterocycles. The first-order valence-corrected chi connectivity index (χ1v) is 5.56. The highest BCUT2D eigenvalue weighted by Crippen LogP contribution is 2.23. The Morgan fingerprint density at radius 3 is 2.67 bits per heavy atom. The maximum atomic E-state index is 11.7. The number of hydrogen-bond donors (Lipinski definition) is 1. The van der Waals surface area contributed by atoms with E-state index in [0.717, 1.165) is 5.69 Å². The molecule has 0 saturated carbocycles. The summed E-state index contributed by atoms with van der Waals surface area (Å²) in [5.74, 6) is 0.467. The maximum absolute atomic E-state index is 11.7. The third-order valence-electron chi connectivity index (χ3n) is 2.77. The van der Waals surface area contributed by atoms with Crippen molar-refractivity contribution in [3.8, 4) is 5.75 Å². The lowest BCUT2D eigenvalue weighted by atomic mass is 10.3. The summed E-state index contributed by atoms with van der Waals surface area (Å²) in [6.07, 6.45) is 0. The van der Waals surface area contributed by atoms with Gasteiger partial charge in [-0.25, -0.2) is 9.69 Å². The molecule has 1 N–H and O–H groups in total. The predicted molar refractivity (Wildman–Crippen MR) is 66.4 cm³/mol. The van der Waals surface area contributed by atoms with E-state index in [1.54, 1.807) is 14.2 Å². The third kappa shape index (κ3) is 2.22. The molecule has 1 aromatic carbocycles. The van der Waals surface area contributed by atoms with Gasteiger partial charge < -0.3 is 15.0 Å². The van der Waals surface area contributed by atoms with Crippen LogP contribution in [0, 0.1) is 0 Å². The van der Waals surface area contributed by atoms with Crippen LogP contribution in [0.1, 0.15) is 0 Å². The number of amides is 3. The van der Waals surface area contributed by atoms with Gasteiger partial charge in [-0.05, 0) is 12.1 Å². The van der Waals surface area contributed by atoms with E-state index >= 15 is 0 Å². The zero-order chi connectivity index (χ0) is 13.1. The van der Waals surface area contributed by atoms with Crippen LogP contribution in [0.2, 0.25) is 0 Å². The normalized spacial score (nSPS) is 15.2. The summed E-state index contributed by atoms with van der Waals surface area (Å²) in [5, 5.41) is 3.02. The number of nitrogens with zero attached hydrogens (tertiary/aromatic N) is 2. The Balaban J connectivity index is 2.04. The Bertz CT molecular complexity index is 475. The SMILES string of the molecule is COc1ccccc1NCN1C(=O)CN(C)C1=O. The highest BCUT2D eigenvalue weighted by molar-refractivity contribution is 6.01. The summed E-state index contributed by atoms with van der Waals surface area (Å²) in [7, 11) is 3.17. The maximum Gasteiger partial charge on any atom is 0.328 e. The minimum absolute atomic E-state index is 0.131. The van der Waals surface area contributed by atoms with Gasteiger partial charge in [-0.3, -0.25) is 4.79 Å². The molecule has 96 valence electrons. The van der Waals surface area contributed by atoms with Crippen LogP contribution >= 0.6 is 0 Å². The Labute approximate surface area is 105 Å². The first kappa shape index (κ1) is 12.2. The van der Waals surface area contributed by atoms with Crippen molar-refractivity contribution in [2.45, 2.75) is 0 Å². The van der Waals surface area contributed by atoms with Crippen molar-refractivity contribution in [2.75, 3.05) is 32.7 Å². The van der Waals surface area contributed by atoms with Gasteiger partial charge in [-0.15, -0.1) is 0 Å². The molecule has 0 spiro atoms. The molecule has 1 aliphatic heterocycles. The number of likely N-dealkylation sites (N-methyl/N-ethyl adjacent to an activating group) is 1. The summed E-state index contributed by atoms with van der Waals surface area (Å²) in [6.45, 7) is 0.273. The van der Waals surface area contributed by atoms with E-state index < -0.39 is 0 Å². The molecule has 1 saturated heterocycles. The van der Waals surface area contributed by atoms with E-state index in [-0.39, 0.29) is 25.2 Å². The molecule has 1 fully saturated rings. The fourth-order valence-corrected chi connectivity index (χ4v) is 1.78. The highest BCUT2D eigenvalue weighted by atomic mass is 16.5. The molecule has 6 nitrogen and oxygen atoms in total. The monoisotopic (exact) mass is 249 g/mol. The van der Waals surface area contributed by atoms with Gasteiger partial charge in [0.05, 0.1) is 12.8 Å². The molecule has 0 aliphatic carbocycles. The van der Waals surface area contributed by atoms with E-state index in [1.165, 1.54) is 9.80 Å². The second kappa shape index (κ2) is 4.95. The third-order valence-corrected chi connectivity index (χ3v) is 2.77.